The largest absolute Gasteiger partial charge is 0.468 e. The van der Waals surface area contributed by atoms with E-state index in [0.29, 0.717) is 5.06 Å². The van der Waals surface area contributed by atoms with Crippen LogP contribution in [0.25, 0.3) is 0 Å². The Labute approximate surface area is 220 Å². The lowest BCUT2D eigenvalue weighted by molar-refractivity contribution is -0.151. The number of fused-ring (bicyclic) bond motifs is 1. The highest BCUT2D eigenvalue weighted by atomic mass is 16.7. The van der Waals surface area contributed by atoms with Gasteiger partial charge in [-0.2, -0.15) is 0 Å². The summed E-state index contributed by atoms with van der Waals surface area (Å²) in [5.41, 5.74) is 2.17. The van der Waals surface area contributed by atoms with Gasteiger partial charge < -0.3 is 4.74 Å². The maximum atomic E-state index is 13.1. The van der Waals surface area contributed by atoms with Crippen LogP contribution in [0.1, 0.15) is 37.4 Å². The van der Waals surface area contributed by atoms with E-state index in [-0.39, 0.29) is 17.7 Å². The number of nitrogens with one attached hydrogen (secondary N) is 1. The molecular weight excluding hydrogens is 480 g/mol. The third kappa shape index (κ3) is 4.49. The van der Waals surface area contributed by atoms with Crippen LogP contribution in [0.2, 0.25) is 0 Å². The van der Waals surface area contributed by atoms with Crippen molar-refractivity contribution in [3.63, 3.8) is 0 Å². The first-order valence-corrected chi connectivity index (χ1v) is 12.2. The van der Waals surface area contributed by atoms with E-state index in [2.05, 4.69) is 5.32 Å². The Morgan fingerprint density at radius 3 is 1.50 bits per heavy atom. The Kier molecular flexibility index (Phi) is 7.13. The summed E-state index contributed by atoms with van der Waals surface area (Å²) in [6.07, 6.45) is 0. The molecule has 4 aromatic rings. The Morgan fingerprint density at radius 2 is 1.11 bits per heavy atom. The number of amides is 2. The molecule has 1 N–H and O–H groups in total. The predicted molar refractivity (Wildman–Crippen MR) is 141 cm³/mol. The minimum Gasteiger partial charge on any atom is -0.468 e. The zero-order chi connectivity index (χ0) is 26.5. The van der Waals surface area contributed by atoms with Crippen molar-refractivity contribution < 1.29 is 24.0 Å². The van der Waals surface area contributed by atoms with Crippen LogP contribution in [0.3, 0.4) is 0 Å². The van der Waals surface area contributed by atoms with Gasteiger partial charge in [-0.1, -0.05) is 103 Å². The van der Waals surface area contributed by atoms with Crippen molar-refractivity contribution in [3.8, 4) is 0 Å². The van der Waals surface area contributed by atoms with Gasteiger partial charge in [-0.05, 0) is 28.8 Å². The first kappa shape index (κ1) is 25.1. The van der Waals surface area contributed by atoms with Gasteiger partial charge in [0.2, 0.25) is 0 Å². The number of ether oxygens (including phenoxy) is 1. The van der Waals surface area contributed by atoms with E-state index in [1.54, 1.807) is 24.3 Å². The van der Waals surface area contributed by atoms with Gasteiger partial charge >= 0.3 is 5.97 Å². The molecule has 190 valence electrons. The minimum absolute atomic E-state index is 0.257. The number of esters is 1. The number of imide groups is 1. The molecule has 2 amide bonds. The highest BCUT2D eigenvalue weighted by Crippen LogP contribution is 2.37. The number of hydrogen-bond donors (Lipinski definition) is 1. The highest BCUT2D eigenvalue weighted by molar-refractivity contribution is 6.20. The molecule has 1 aliphatic heterocycles. The summed E-state index contributed by atoms with van der Waals surface area (Å²) < 4.78 is 5.13. The van der Waals surface area contributed by atoms with Crippen molar-refractivity contribution in [1.29, 1.82) is 0 Å². The minimum atomic E-state index is -1.05. The zero-order valence-electron chi connectivity index (χ0n) is 20.7. The Morgan fingerprint density at radius 1 is 0.711 bits per heavy atom. The van der Waals surface area contributed by atoms with E-state index < -0.39 is 29.4 Å². The molecule has 7 nitrogen and oxygen atoms in total. The van der Waals surface area contributed by atoms with Gasteiger partial charge in [0.1, 0.15) is 12.6 Å². The molecule has 38 heavy (non-hydrogen) atoms. The van der Waals surface area contributed by atoms with Gasteiger partial charge in [-0.25, -0.2) is 0 Å². The topological polar surface area (TPSA) is 84.9 Å². The fraction of sp³-hybridized carbons (Fsp3) is 0.129. The predicted octanol–water partition coefficient (Wildman–Crippen LogP) is 4.34. The van der Waals surface area contributed by atoms with Crippen LogP contribution in [0, 0.1) is 0 Å². The van der Waals surface area contributed by atoms with Crippen molar-refractivity contribution in [1.82, 2.24) is 10.4 Å². The lowest BCUT2D eigenvalue weighted by Crippen LogP contribution is -2.55. The van der Waals surface area contributed by atoms with Crippen molar-refractivity contribution in [2.24, 2.45) is 0 Å². The molecular formula is C31H26N2O5. The summed E-state index contributed by atoms with van der Waals surface area (Å²) in [5.74, 6) is -1.75. The van der Waals surface area contributed by atoms with Crippen molar-refractivity contribution in [3.05, 3.63) is 143 Å². The number of rotatable bonds is 9. The van der Waals surface area contributed by atoms with E-state index in [4.69, 9.17) is 9.57 Å². The molecule has 1 unspecified atom stereocenters. The number of hydroxylamine groups is 2. The lowest BCUT2D eigenvalue weighted by Gasteiger charge is -2.39. The summed E-state index contributed by atoms with van der Waals surface area (Å²) >= 11 is 0. The van der Waals surface area contributed by atoms with Gasteiger partial charge in [-0.15, -0.1) is 5.06 Å². The molecule has 4 aromatic carbocycles. The van der Waals surface area contributed by atoms with Gasteiger partial charge in [0.05, 0.1) is 23.8 Å². The molecule has 0 aromatic heterocycles. The van der Waals surface area contributed by atoms with E-state index in [0.717, 1.165) is 16.7 Å². The van der Waals surface area contributed by atoms with Crippen LogP contribution in [0.4, 0.5) is 0 Å². The highest BCUT2D eigenvalue weighted by Gasteiger charge is 2.42. The average molecular weight is 507 g/mol. The SMILES string of the molecule is COC(=O)C(CON1C(=O)c2ccccc2C1=O)NC(c1ccccc1)(c1ccccc1)c1ccccc1. The monoisotopic (exact) mass is 506 g/mol. The summed E-state index contributed by atoms with van der Waals surface area (Å²) in [5, 5.41) is 4.20. The van der Waals surface area contributed by atoms with Crippen molar-refractivity contribution in [2.45, 2.75) is 11.6 Å². The number of carbonyl (C=O) groups excluding carboxylic acids is 3. The molecule has 0 radical (unpaired) electrons. The van der Waals surface area contributed by atoms with Crippen molar-refractivity contribution >= 4 is 17.8 Å². The van der Waals surface area contributed by atoms with Crippen LogP contribution in [0.15, 0.2) is 115 Å². The molecule has 1 atom stereocenters. The molecule has 0 bridgehead atoms. The Balaban J connectivity index is 1.55. The molecule has 1 aliphatic rings. The van der Waals surface area contributed by atoms with Crippen LogP contribution in [0.5, 0.6) is 0 Å². The fourth-order valence-corrected chi connectivity index (χ4v) is 4.82. The third-order valence-electron chi connectivity index (χ3n) is 6.62. The van der Waals surface area contributed by atoms with E-state index in [9.17, 15) is 14.4 Å². The lowest BCUT2D eigenvalue weighted by atomic mass is 9.76. The third-order valence-corrected chi connectivity index (χ3v) is 6.62. The average Bonchev–Trinajstić information content (AvgIpc) is 3.23. The number of hydrogen-bond acceptors (Lipinski definition) is 6. The van der Waals surface area contributed by atoms with Crippen molar-refractivity contribution in [2.75, 3.05) is 13.7 Å². The molecule has 0 aliphatic carbocycles. The Hall–Kier alpha value is -4.59. The number of methoxy groups -OCH3 is 1. The maximum Gasteiger partial charge on any atom is 0.325 e. The molecule has 1 heterocycles. The zero-order valence-corrected chi connectivity index (χ0v) is 20.7. The second kappa shape index (κ2) is 10.8. The quantitative estimate of drug-likeness (QED) is 0.207. The number of nitrogens with zero attached hydrogens (tertiary/aromatic N) is 1. The molecule has 0 saturated heterocycles. The summed E-state index contributed by atoms with van der Waals surface area (Å²) in [4.78, 5) is 44.5. The molecule has 0 spiro atoms. The van der Waals surface area contributed by atoms with Crippen LogP contribution < -0.4 is 5.32 Å². The fourth-order valence-electron chi connectivity index (χ4n) is 4.82. The van der Waals surface area contributed by atoms with E-state index >= 15 is 0 Å². The molecule has 5 rings (SSSR count). The first-order valence-electron chi connectivity index (χ1n) is 12.2. The van der Waals surface area contributed by atoms with Gasteiger partial charge in [0, 0.05) is 0 Å². The van der Waals surface area contributed by atoms with E-state index in [1.165, 1.54) is 7.11 Å². The first-order chi connectivity index (χ1) is 18.6. The van der Waals surface area contributed by atoms with Gasteiger partial charge in [0.25, 0.3) is 11.8 Å². The second-order valence-corrected chi connectivity index (χ2v) is 8.81. The number of benzene rings is 4. The number of carbonyl (C=O) groups is 3. The summed E-state index contributed by atoms with van der Waals surface area (Å²) in [7, 11) is 1.29. The van der Waals surface area contributed by atoms with Gasteiger partial charge in [-0.3, -0.25) is 24.5 Å². The molecule has 0 saturated carbocycles. The van der Waals surface area contributed by atoms with E-state index in [1.807, 2.05) is 91.0 Å². The van der Waals surface area contributed by atoms with Gasteiger partial charge in [0.15, 0.2) is 0 Å². The van der Waals surface area contributed by atoms with Crippen LogP contribution in [-0.4, -0.2) is 42.6 Å². The molecule has 0 fully saturated rings. The van der Waals surface area contributed by atoms with Crippen LogP contribution in [-0.2, 0) is 19.9 Å². The summed E-state index contributed by atoms with van der Waals surface area (Å²) in [6, 6.07) is 34.7. The normalized spacial score (nSPS) is 13.8. The summed E-state index contributed by atoms with van der Waals surface area (Å²) in [6.45, 7) is -0.327. The maximum absolute atomic E-state index is 13.1. The Bertz CT molecular complexity index is 1310. The second-order valence-electron chi connectivity index (χ2n) is 8.81. The molecule has 7 heteroatoms. The smallest absolute Gasteiger partial charge is 0.325 e. The standard InChI is InChI=1S/C31H26N2O5/c1-37-30(36)27(21-38-33-28(34)25-19-11-12-20-26(25)29(33)35)32-31(22-13-5-2-6-14-22,23-15-7-3-8-16-23)24-17-9-4-10-18-24/h2-20,27,32H,21H2,1H3. The van der Waals surface area contributed by atoms with Crippen LogP contribution >= 0.6 is 0 Å².